The molecular weight excluding hydrogens is 418 g/mol. The van der Waals surface area contributed by atoms with Crippen LogP contribution in [-0.2, 0) is 11.3 Å². The molecule has 5 aromatic rings. The molecule has 9 nitrogen and oxygen atoms in total. The molecule has 2 aromatic carbocycles. The Morgan fingerprint density at radius 1 is 0.970 bits per heavy atom. The number of rotatable bonds is 6. The maximum absolute atomic E-state index is 12.1. The molecule has 0 spiro atoms. The number of aromatic nitrogens is 5. The average Bonchev–Trinajstić information content (AvgIpc) is 3.24. The van der Waals surface area contributed by atoms with Crippen molar-refractivity contribution in [1.29, 1.82) is 0 Å². The van der Waals surface area contributed by atoms with E-state index in [1.165, 1.54) is 0 Å². The minimum atomic E-state index is -0.595. The van der Waals surface area contributed by atoms with E-state index < -0.39 is 5.91 Å². The second kappa shape index (κ2) is 8.46. The SMILES string of the molecule is NC(=O)CNC(=O)c1ccc(-c2ccc3nnn(Cc4ccc5cccnc5c4)c3n2)cc1. The van der Waals surface area contributed by atoms with Crippen molar-refractivity contribution in [3.8, 4) is 11.3 Å². The summed E-state index contributed by atoms with van der Waals surface area (Å²) in [4.78, 5) is 32.1. The number of pyridine rings is 2. The third-order valence-corrected chi connectivity index (χ3v) is 5.23. The molecule has 3 N–H and O–H groups in total. The van der Waals surface area contributed by atoms with Gasteiger partial charge in [-0.2, -0.15) is 0 Å². The second-order valence-corrected chi connectivity index (χ2v) is 7.54. The molecule has 0 atom stereocenters. The van der Waals surface area contributed by atoms with Gasteiger partial charge >= 0.3 is 0 Å². The van der Waals surface area contributed by atoms with E-state index in [2.05, 4.69) is 20.6 Å². The molecule has 3 aromatic heterocycles. The molecule has 2 amide bonds. The molecule has 0 radical (unpaired) electrons. The normalized spacial score (nSPS) is 11.0. The van der Waals surface area contributed by atoms with Crippen LogP contribution in [0.25, 0.3) is 33.3 Å². The van der Waals surface area contributed by atoms with Gasteiger partial charge in [-0.1, -0.05) is 35.5 Å². The Kier molecular flexibility index (Phi) is 5.19. The fourth-order valence-electron chi connectivity index (χ4n) is 3.57. The van der Waals surface area contributed by atoms with Crippen LogP contribution in [-0.4, -0.2) is 43.3 Å². The van der Waals surface area contributed by atoms with E-state index in [1.807, 2.05) is 42.5 Å². The van der Waals surface area contributed by atoms with Crippen LogP contribution in [0.2, 0.25) is 0 Å². The summed E-state index contributed by atoms with van der Waals surface area (Å²) in [6, 6.07) is 20.8. The Morgan fingerprint density at radius 2 is 1.82 bits per heavy atom. The van der Waals surface area contributed by atoms with Crippen LogP contribution in [0.3, 0.4) is 0 Å². The van der Waals surface area contributed by atoms with E-state index in [1.54, 1.807) is 35.1 Å². The summed E-state index contributed by atoms with van der Waals surface area (Å²) in [6.07, 6.45) is 1.78. The largest absolute Gasteiger partial charge is 0.368 e. The Hall–Kier alpha value is -4.66. The zero-order valence-corrected chi connectivity index (χ0v) is 17.5. The molecule has 0 saturated carbocycles. The number of carbonyl (C=O) groups excluding carboxylic acids is 2. The molecule has 0 aliphatic heterocycles. The minimum absolute atomic E-state index is 0.205. The van der Waals surface area contributed by atoms with Gasteiger partial charge < -0.3 is 11.1 Å². The van der Waals surface area contributed by atoms with Crippen LogP contribution in [0.1, 0.15) is 15.9 Å². The number of nitrogens with zero attached hydrogens (tertiary/aromatic N) is 5. The smallest absolute Gasteiger partial charge is 0.251 e. The van der Waals surface area contributed by atoms with E-state index in [4.69, 9.17) is 10.7 Å². The van der Waals surface area contributed by atoms with E-state index in [9.17, 15) is 9.59 Å². The van der Waals surface area contributed by atoms with Crippen LogP contribution in [0.15, 0.2) is 72.9 Å². The average molecular weight is 437 g/mol. The number of nitrogens with one attached hydrogen (secondary N) is 1. The maximum Gasteiger partial charge on any atom is 0.251 e. The molecule has 33 heavy (non-hydrogen) atoms. The first kappa shape index (κ1) is 20.3. The number of hydrogen-bond donors (Lipinski definition) is 2. The molecule has 0 unspecified atom stereocenters. The summed E-state index contributed by atoms with van der Waals surface area (Å²) in [5.74, 6) is -0.960. The first-order chi connectivity index (χ1) is 16.1. The van der Waals surface area contributed by atoms with Crippen molar-refractivity contribution < 1.29 is 9.59 Å². The summed E-state index contributed by atoms with van der Waals surface area (Å²) in [5, 5.41) is 12.0. The number of fused-ring (bicyclic) bond motifs is 2. The van der Waals surface area contributed by atoms with Crippen LogP contribution < -0.4 is 11.1 Å². The van der Waals surface area contributed by atoms with Crippen molar-refractivity contribution in [2.45, 2.75) is 6.54 Å². The minimum Gasteiger partial charge on any atom is -0.368 e. The zero-order chi connectivity index (χ0) is 22.8. The third-order valence-electron chi connectivity index (χ3n) is 5.23. The van der Waals surface area contributed by atoms with Crippen molar-refractivity contribution in [3.63, 3.8) is 0 Å². The molecule has 9 heteroatoms. The zero-order valence-electron chi connectivity index (χ0n) is 17.5. The van der Waals surface area contributed by atoms with Crippen molar-refractivity contribution >= 4 is 33.9 Å². The van der Waals surface area contributed by atoms with Crippen molar-refractivity contribution in [3.05, 3.63) is 84.1 Å². The van der Waals surface area contributed by atoms with Gasteiger partial charge in [0, 0.05) is 22.7 Å². The van der Waals surface area contributed by atoms with Gasteiger partial charge in [0.25, 0.3) is 5.91 Å². The number of amides is 2. The lowest BCUT2D eigenvalue weighted by atomic mass is 10.1. The van der Waals surface area contributed by atoms with Gasteiger partial charge in [0.1, 0.15) is 5.52 Å². The molecule has 0 bridgehead atoms. The summed E-state index contributed by atoms with van der Waals surface area (Å²) < 4.78 is 1.76. The van der Waals surface area contributed by atoms with Gasteiger partial charge in [0.15, 0.2) is 5.65 Å². The van der Waals surface area contributed by atoms with Gasteiger partial charge in [0.2, 0.25) is 5.91 Å². The van der Waals surface area contributed by atoms with Crippen LogP contribution in [0, 0.1) is 0 Å². The first-order valence-corrected chi connectivity index (χ1v) is 10.3. The first-order valence-electron chi connectivity index (χ1n) is 10.3. The highest BCUT2D eigenvalue weighted by Crippen LogP contribution is 2.21. The fourth-order valence-corrected chi connectivity index (χ4v) is 3.57. The van der Waals surface area contributed by atoms with Gasteiger partial charge in [-0.3, -0.25) is 14.6 Å². The number of hydrogen-bond acceptors (Lipinski definition) is 6. The van der Waals surface area contributed by atoms with E-state index in [-0.39, 0.29) is 12.5 Å². The lowest BCUT2D eigenvalue weighted by molar-refractivity contribution is -0.117. The number of primary amides is 1. The third kappa shape index (κ3) is 4.24. The second-order valence-electron chi connectivity index (χ2n) is 7.54. The standard InChI is InChI=1S/C24H19N7O2/c25-22(32)13-27-24(33)18-7-5-17(6-8-18)19-9-10-20-23(28-19)31(30-29-20)14-15-3-4-16-2-1-11-26-21(16)12-15/h1-12H,13-14H2,(H2,25,32)(H,27,33). The van der Waals surface area contributed by atoms with Crippen molar-refractivity contribution in [2.75, 3.05) is 6.54 Å². The van der Waals surface area contributed by atoms with E-state index >= 15 is 0 Å². The highest BCUT2D eigenvalue weighted by Gasteiger charge is 2.11. The molecule has 5 rings (SSSR count). The highest BCUT2D eigenvalue weighted by molar-refractivity contribution is 5.96. The molecule has 0 fully saturated rings. The summed E-state index contributed by atoms with van der Waals surface area (Å²) in [7, 11) is 0. The van der Waals surface area contributed by atoms with Crippen LogP contribution in [0.4, 0.5) is 0 Å². The molecule has 0 saturated heterocycles. The monoisotopic (exact) mass is 437 g/mol. The van der Waals surface area contributed by atoms with Crippen molar-refractivity contribution in [1.82, 2.24) is 30.3 Å². The predicted octanol–water partition coefficient (Wildman–Crippen LogP) is 2.30. The number of benzene rings is 2. The Morgan fingerprint density at radius 3 is 2.64 bits per heavy atom. The quantitative estimate of drug-likeness (QED) is 0.419. The van der Waals surface area contributed by atoms with Crippen molar-refractivity contribution in [2.24, 2.45) is 5.73 Å². The van der Waals surface area contributed by atoms with E-state index in [0.717, 1.165) is 27.7 Å². The molecule has 162 valence electrons. The number of nitrogens with two attached hydrogens (primary N) is 1. The Bertz CT molecular complexity index is 1490. The summed E-state index contributed by atoms with van der Waals surface area (Å²) in [5.41, 5.74) is 10.4. The van der Waals surface area contributed by atoms with Crippen LogP contribution in [0.5, 0.6) is 0 Å². The molecule has 0 aliphatic carbocycles. The fraction of sp³-hybridized carbons (Fsp3) is 0.0833. The summed E-state index contributed by atoms with van der Waals surface area (Å²) >= 11 is 0. The Labute approximate surface area is 188 Å². The molecule has 0 aliphatic rings. The highest BCUT2D eigenvalue weighted by atomic mass is 16.2. The predicted molar refractivity (Wildman–Crippen MR) is 123 cm³/mol. The Balaban J connectivity index is 1.40. The molecule has 3 heterocycles. The van der Waals surface area contributed by atoms with Gasteiger partial charge in [0.05, 0.1) is 24.3 Å². The van der Waals surface area contributed by atoms with Gasteiger partial charge in [-0.15, -0.1) is 5.10 Å². The van der Waals surface area contributed by atoms with Crippen LogP contribution >= 0.6 is 0 Å². The lowest BCUT2D eigenvalue weighted by Gasteiger charge is -2.06. The van der Waals surface area contributed by atoms with Gasteiger partial charge in [-0.05, 0) is 42.0 Å². The number of carbonyl (C=O) groups is 2. The van der Waals surface area contributed by atoms with Gasteiger partial charge in [-0.25, -0.2) is 9.67 Å². The molecular formula is C24H19N7O2. The maximum atomic E-state index is 12.1. The van der Waals surface area contributed by atoms with E-state index in [0.29, 0.717) is 23.3 Å². The topological polar surface area (TPSA) is 129 Å². The summed E-state index contributed by atoms with van der Waals surface area (Å²) in [6.45, 7) is 0.307. The lowest BCUT2D eigenvalue weighted by Crippen LogP contribution is -2.33.